The fraction of sp³-hybridized carbons (Fsp3) is 0.452. The second-order valence-electron chi connectivity index (χ2n) is 10.6. The number of rotatable bonds is 13. The molecule has 5 rings (SSSR count). The van der Waals surface area contributed by atoms with Crippen LogP contribution in [0.5, 0.6) is 5.75 Å². The molecule has 2 heterocycles. The van der Waals surface area contributed by atoms with Gasteiger partial charge in [-0.05, 0) is 81.1 Å². The zero-order valence-corrected chi connectivity index (χ0v) is 24.9. The summed E-state index contributed by atoms with van der Waals surface area (Å²) in [5, 5.41) is 4.59. The van der Waals surface area contributed by atoms with Gasteiger partial charge in [-0.2, -0.15) is 0 Å². The van der Waals surface area contributed by atoms with Gasteiger partial charge in [-0.3, -0.25) is 14.2 Å². The number of ether oxygens (including phenoxy) is 1. The van der Waals surface area contributed by atoms with E-state index in [4.69, 9.17) is 9.72 Å². The summed E-state index contributed by atoms with van der Waals surface area (Å²) in [7, 11) is 0. The number of halogens is 1. The molecule has 1 aliphatic carbocycles. The topological polar surface area (TPSA) is 76.5 Å². The highest BCUT2D eigenvalue weighted by atomic mass is 32.2. The van der Waals surface area contributed by atoms with Crippen LogP contribution in [0.2, 0.25) is 0 Å². The van der Waals surface area contributed by atoms with Crippen molar-refractivity contribution in [2.45, 2.75) is 73.2 Å². The van der Waals surface area contributed by atoms with E-state index in [9.17, 15) is 14.0 Å². The van der Waals surface area contributed by atoms with E-state index in [0.29, 0.717) is 55.6 Å². The first-order chi connectivity index (χ1) is 20.0. The predicted octanol–water partition coefficient (Wildman–Crippen LogP) is 5.42. The van der Waals surface area contributed by atoms with E-state index in [0.717, 1.165) is 60.1 Å². The largest absolute Gasteiger partial charge is 0.494 e. The lowest BCUT2D eigenvalue weighted by molar-refractivity contribution is -0.132. The third-order valence-corrected chi connectivity index (χ3v) is 9.13. The Morgan fingerprint density at radius 2 is 1.95 bits per heavy atom. The molecule has 1 saturated carbocycles. The lowest BCUT2D eigenvalue weighted by Gasteiger charge is -2.30. The molecule has 1 fully saturated rings. The number of carbonyl (C=O) groups is 1. The summed E-state index contributed by atoms with van der Waals surface area (Å²) in [6.45, 7) is 2.90. The van der Waals surface area contributed by atoms with E-state index < -0.39 is 0 Å². The minimum Gasteiger partial charge on any atom is -0.494 e. The monoisotopic (exact) mass is 596 g/mol. The van der Waals surface area contributed by atoms with Crippen LogP contribution >= 0.6 is 24.4 Å². The Labute approximate surface area is 250 Å². The van der Waals surface area contributed by atoms with Gasteiger partial charge in [-0.25, -0.2) is 9.37 Å². The molecule has 1 N–H and O–H groups in total. The third kappa shape index (κ3) is 7.93. The molecule has 1 aliphatic heterocycles. The zero-order chi connectivity index (χ0) is 28.6. The number of aromatic nitrogens is 2. The molecule has 0 saturated heterocycles. The highest BCUT2D eigenvalue weighted by Gasteiger charge is 2.28. The average molecular weight is 597 g/mol. The quantitative estimate of drug-likeness (QED) is 0.156. The van der Waals surface area contributed by atoms with Crippen LogP contribution in [0.1, 0.15) is 56.2 Å². The molecule has 7 nitrogen and oxygen atoms in total. The smallest absolute Gasteiger partial charge is 0.264 e. The van der Waals surface area contributed by atoms with E-state index in [2.05, 4.69) is 17.9 Å². The van der Waals surface area contributed by atoms with E-state index in [1.165, 1.54) is 18.6 Å². The summed E-state index contributed by atoms with van der Waals surface area (Å²) in [6, 6.07) is 13.6. The number of amides is 1. The van der Waals surface area contributed by atoms with Gasteiger partial charge >= 0.3 is 0 Å². The molecule has 1 amide bonds. The zero-order valence-electron chi connectivity index (χ0n) is 23.2. The van der Waals surface area contributed by atoms with E-state index >= 15 is 0 Å². The third-order valence-electron chi connectivity index (χ3n) is 7.56. The molecule has 0 spiro atoms. The molecule has 1 aromatic heterocycles. The Kier molecular flexibility index (Phi) is 10.4. The Balaban J connectivity index is 1.10. The molecule has 0 atom stereocenters. The van der Waals surface area contributed by atoms with E-state index in [1.807, 2.05) is 24.3 Å². The van der Waals surface area contributed by atoms with Crippen molar-refractivity contribution in [1.29, 1.82) is 0 Å². The average Bonchev–Trinajstić information content (AvgIpc) is 2.95. The first-order valence-corrected chi connectivity index (χ1v) is 15.8. The molecule has 41 heavy (non-hydrogen) atoms. The van der Waals surface area contributed by atoms with Crippen LogP contribution in [0.4, 0.5) is 4.39 Å². The summed E-state index contributed by atoms with van der Waals surface area (Å²) in [6.07, 6.45) is 7.39. The van der Waals surface area contributed by atoms with Crippen molar-refractivity contribution < 1.29 is 13.9 Å². The molecule has 0 radical (unpaired) electrons. The molecule has 0 bridgehead atoms. The molecular formula is C31H37FN4O3S2. The Hall–Kier alpha value is -2.82. The highest BCUT2D eigenvalue weighted by Crippen LogP contribution is 2.36. The maximum atomic E-state index is 13.8. The van der Waals surface area contributed by atoms with Crippen molar-refractivity contribution in [3.8, 4) is 11.4 Å². The van der Waals surface area contributed by atoms with E-state index in [1.54, 1.807) is 33.4 Å². The molecule has 3 aromatic rings. The number of nitrogens with one attached hydrogen (secondary N) is 1. The van der Waals surface area contributed by atoms with Crippen molar-refractivity contribution in [3.63, 3.8) is 0 Å². The number of unbranched alkanes of at least 4 members (excludes halogenated alkanes) is 2. The van der Waals surface area contributed by atoms with E-state index in [-0.39, 0.29) is 17.3 Å². The standard InChI is InChI=1S/C31H37FN4O3S2/c32-22-10-12-24(13-11-22)39-19-3-1-2-16-33-17-14-29(37)35-18-15-28-27(21-35)30(38)36(23-6-4-7-25(40)20-23)31(34-28)41-26-8-5-9-26/h4,6-7,10-13,20,26,33,40H,1-3,5,8-9,14-19,21H2. The van der Waals surface area contributed by atoms with Crippen molar-refractivity contribution >= 4 is 30.3 Å². The van der Waals surface area contributed by atoms with Gasteiger partial charge < -0.3 is 15.0 Å². The fourth-order valence-corrected chi connectivity index (χ4v) is 6.51. The molecule has 2 aliphatic rings. The molecule has 0 unspecified atom stereocenters. The number of hydrogen-bond acceptors (Lipinski definition) is 7. The number of thiol groups is 1. The number of fused-ring (bicyclic) bond motifs is 1. The van der Waals surface area contributed by atoms with Crippen molar-refractivity contribution in [1.82, 2.24) is 19.8 Å². The number of nitrogens with zero attached hydrogens (tertiary/aromatic N) is 3. The maximum absolute atomic E-state index is 13.8. The summed E-state index contributed by atoms with van der Waals surface area (Å²) in [5.41, 5.74) is 2.10. The second-order valence-corrected chi connectivity index (χ2v) is 12.4. The molecule has 218 valence electrons. The van der Waals surface area contributed by atoms with Gasteiger partial charge in [-0.1, -0.05) is 24.2 Å². The lowest BCUT2D eigenvalue weighted by atomic mass is 10.0. The van der Waals surface area contributed by atoms with Crippen LogP contribution in [0, 0.1) is 5.82 Å². The van der Waals surface area contributed by atoms with Crippen molar-refractivity contribution in [2.24, 2.45) is 0 Å². The number of thioether (sulfide) groups is 1. The van der Waals surface area contributed by atoms with Gasteiger partial charge in [0.15, 0.2) is 5.16 Å². The van der Waals surface area contributed by atoms with Crippen LogP contribution in [0.15, 0.2) is 63.4 Å². The molecule has 10 heteroatoms. The SMILES string of the molecule is O=C(CCNCCCCCOc1ccc(F)cc1)N1CCc2nc(SC3CCC3)n(-c3cccc(S)c3)c(=O)c2C1. The predicted molar refractivity (Wildman–Crippen MR) is 163 cm³/mol. The number of benzene rings is 2. The minimum absolute atomic E-state index is 0.0482. The lowest BCUT2D eigenvalue weighted by Crippen LogP contribution is -2.42. The van der Waals surface area contributed by atoms with Gasteiger partial charge in [0.1, 0.15) is 11.6 Å². The van der Waals surface area contributed by atoms with Crippen LogP contribution in [0.25, 0.3) is 5.69 Å². The maximum Gasteiger partial charge on any atom is 0.264 e. The van der Waals surface area contributed by atoms with Crippen LogP contribution in [-0.2, 0) is 17.8 Å². The Morgan fingerprint density at radius 1 is 1.12 bits per heavy atom. The highest BCUT2D eigenvalue weighted by molar-refractivity contribution is 7.99. The van der Waals surface area contributed by atoms with Crippen LogP contribution in [-0.4, -0.2) is 51.8 Å². The van der Waals surface area contributed by atoms with Gasteiger partial charge in [-0.15, -0.1) is 12.6 Å². The first kappa shape index (κ1) is 29.7. The van der Waals surface area contributed by atoms with Crippen LogP contribution in [0.3, 0.4) is 0 Å². The van der Waals surface area contributed by atoms with Gasteiger partial charge in [0, 0.05) is 36.1 Å². The summed E-state index contributed by atoms with van der Waals surface area (Å²) in [4.78, 5) is 34.4. The first-order valence-electron chi connectivity index (χ1n) is 14.5. The normalized spacial score (nSPS) is 14.9. The second kappa shape index (κ2) is 14.4. The Bertz CT molecular complexity index is 1400. The fourth-order valence-electron chi connectivity index (χ4n) is 4.97. The van der Waals surface area contributed by atoms with Gasteiger partial charge in [0.2, 0.25) is 5.91 Å². The summed E-state index contributed by atoms with van der Waals surface area (Å²) >= 11 is 6.17. The van der Waals surface area contributed by atoms with Crippen LogP contribution < -0.4 is 15.6 Å². The molecule has 2 aromatic carbocycles. The summed E-state index contributed by atoms with van der Waals surface area (Å²) < 4.78 is 20.3. The Morgan fingerprint density at radius 3 is 2.71 bits per heavy atom. The van der Waals surface area contributed by atoms with Crippen molar-refractivity contribution in [2.75, 3.05) is 26.2 Å². The number of carbonyl (C=O) groups excluding carboxylic acids is 1. The van der Waals surface area contributed by atoms with Gasteiger partial charge in [0.25, 0.3) is 5.56 Å². The molecular weight excluding hydrogens is 559 g/mol. The van der Waals surface area contributed by atoms with Crippen molar-refractivity contribution in [3.05, 3.63) is 76.0 Å². The number of hydrogen-bond donors (Lipinski definition) is 2. The minimum atomic E-state index is -0.268. The summed E-state index contributed by atoms with van der Waals surface area (Å²) in [5.74, 6) is 0.458. The van der Waals surface area contributed by atoms with Gasteiger partial charge in [0.05, 0.1) is 30.1 Å².